The van der Waals surface area contributed by atoms with Gasteiger partial charge in [-0.2, -0.15) is 0 Å². The summed E-state index contributed by atoms with van der Waals surface area (Å²) in [6, 6.07) is 8.02. The molecule has 0 spiro atoms. The number of phenols is 2. The molecular weight excluding hydrogens is 316 g/mol. The standard InChI is InChI=1S/C17H16O7/c1-22-12-5-10(6-13(8-12)23-2)17(21)24-9-16(20)14-4-3-11(18)7-15(14)19/h3-8,18-19H,9H2,1-2H3. The number of aromatic hydroxyl groups is 2. The van der Waals surface area contributed by atoms with Crippen molar-refractivity contribution in [1.82, 2.24) is 0 Å². The van der Waals surface area contributed by atoms with Crippen molar-refractivity contribution in [1.29, 1.82) is 0 Å². The Bertz CT molecular complexity index is 745. The Morgan fingerprint density at radius 2 is 1.58 bits per heavy atom. The zero-order chi connectivity index (χ0) is 17.7. The number of ether oxygens (including phenoxy) is 3. The van der Waals surface area contributed by atoms with Gasteiger partial charge in [-0.05, 0) is 24.3 Å². The number of Topliss-reactive ketones (excluding diaryl/α,β-unsaturated/α-hetero) is 1. The molecule has 2 N–H and O–H groups in total. The highest BCUT2D eigenvalue weighted by Crippen LogP contribution is 2.24. The van der Waals surface area contributed by atoms with Crippen molar-refractivity contribution < 1.29 is 34.0 Å². The maximum absolute atomic E-state index is 12.1. The first kappa shape index (κ1) is 17.1. The van der Waals surface area contributed by atoms with E-state index >= 15 is 0 Å². The van der Waals surface area contributed by atoms with Crippen LogP contribution in [0.15, 0.2) is 36.4 Å². The van der Waals surface area contributed by atoms with E-state index in [1.807, 2.05) is 0 Å². The second kappa shape index (κ2) is 7.36. The molecule has 0 unspecified atom stereocenters. The van der Waals surface area contributed by atoms with Gasteiger partial charge in [-0.25, -0.2) is 4.79 Å². The molecule has 0 saturated carbocycles. The lowest BCUT2D eigenvalue weighted by Gasteiger charge is -2.09. The first-order chi connectivity index (χ1) is 11.4. The summed E-state index contributed by atoms with van der Waals surface area (Å²) in [7, 11) is 2.89. The molecule has 7 nitrogen and oxygen atoms in total. The number of hydrogen-bond acceptors (Lipinski definition) is 7. The summed E-state index contributed by atoms with van der Waals surface area (Å²) in [5.74, 6) is -1.09. The molecule has 0 saturated heterocycles. The Balaban J connectivity index is 2.08. The van der Waals surface area contributed by atoms with Crippen LogP contribution in [0.1, 0.15) is 20.7 Å². The van der Waals surface area contributed by atoms with Crippen LogP contribution < -0.4 is 9.47 Å². The molecule has 0 aromatic heterocycles. The van der Waals surface area contributed by atoms with Crippen LogP contribution in [0.2, 0.25) is 0 Å². The quantitative estimate of drug-likeness (QED) is 0.617. The summed E-state index contributed by atoms with van der Waals surface area (Å²) < 4.78 is 15.1. The minimum Gasteiger partial charge on any atom is -0.508 e. The zero-order valence-electron chi connectivity index (χ0n) is 13.1. The lowest BCUT2D eigenvalue weighted by atomic mass is 10.1. The second-order valence-corrected chi connectivity index (χ2v) is 4.80. The third-order valence-electron chi connectivity index (χ3n) is 3.20. The molecule has 0 bridgehead atoms. The average molecular weight is 332 g/mol. The van der Waals surface area contributed by atoms with E-state index in [0.717, 1.165) is 6.07 Å². The smallest absolute Gasteiger partial charge is 0.338 e. The third kappa shape index (κ3) is 3.95. The van der Waals surface area contributed by atoms with E-state index in [0.29, 0.717) is 11.5 Å². The van der Waals surface area contributed by atoms with E-state index in [1.54, 1.807) is 6.07 Å². The molecule has 2 aromatic carbocycles. The van der Waals surface area contributed by atoms with Crippen LogP contribution in [0, 0.1) is 0 Å². The van der Waals surface area contributed by atoms with Gasteiger partial charge in [0, 0.05) is 12.1 Å². The van der Waals surface area contributed by atoms with Crippen LogP contribution in [-0.2, 0) is 4.74 Å². The Kier molecular flexibility index (Phi) is 5.26. The van der Waals surface area contributed by atoms with Crippen molar-refractivity contribution in [3.8, 4) is 23.0 Å². The minimum atomic E-state index is -0.737. The average Bonchev–Trinajstić information content (AvgIpc) is 2.58. The highest BCUT2D eigenvalue weighted by atomic mass is 16.5. The number of hydrogen-bond donors (Lipinski definition) is 2. The van der Waals surface area contributed by atoms with Crippen molar-refractivity contribution >= 4 is 11.8 Å². The molecule has 0 atom stereocenters. The van der Waals surface area contributed by atoms with Gasteiger partial charge in [0.05, 0.1) is 25.3 Å². The molecule has 0 aliphatic carbocycles. The number of esters is 1. The number of benzene rings is 2. The maximum atomic E-state index is 12.1. The van der Waals surface area contributed by atoms with Gasteiger partial charge in [-0.3, -0.25) is 4.79 Å². The van der Waals surface area contributed by atoms with Crippen molar-refractivity contribution in [2.24, 2.45) is 0 Å². The summed E-state index contributed by atoms with van der Waals surface area (Å²) >= 11 is 0. The third-order valence-corrected chi connectivity index (χ3v) is 3.20. The summed E-state index contributed by atoms with van der Waals surface area (Å²) in [6.07, 6.45) is 0. The molecule has 2 rings (SSSR count). The highest BCUT2D eigenvalue weighted by Gasteiger charge is 2.16. The number of methoxy groups -OCH3 is 2. The van der Waals surface area contributed by atoms with Crippen molar-refractivity contribution in [2.45, 2.75) is 0 Å². The zero-order valence-corrected chi connectivity index (χ0v) is 13.1. The molecule has 0 amide bonds. The van der Waals surface area contributed by atoms with Gasteiger partial charge in [-0.1, -0.05) is 0 Å². The number of rotatable bonds is 6. The van der Waals surface area contributed by atoms with E-state index in [1.165, 1.54) is 38.5 Å². The van der Waals surface area contributed by atoms with E-state index in [2.05, 4.69) is 0 Å². The minimum absolute atomic E-state index is 0.0520. The number of ketones is 1. The summed E-state index contributed by atoms with van der Waals surface area (Å²) in [4.78, 5) is 24.1. The lowest BCUT2D eigenvalue weighted by molar-refractivity contribution is 0.0473. The molecule has 0 aliphatic heterocycles. The fourth-order valence-corrected chi connectivity index (χ4v) is 1.97. The largest absolute Gasteiger partial charge is 0.508 e. The highest BCUT2D eigenvalue weighted by molar-refractivity contribution is 6.01. The summed E-state index contributed by atoms with van der Waals surface area (Å²) in [5, 5.41) is 18.8. The first-order valence-corrected chi connectivity index (χ1v) is 6.90. The molecular formula is C17H16O7. The molecule has 24 heavy (non-hydrogen) atoms. The van der Waals surface area contributed by atoms with Gasteiger partial charge < -0.3 is 24.4 Å². The van der Waals surface area contributed by atoms with Gasteiger partial charge in [0.15, 0.2) is 6.61 Å². The van der Waals surface area contributed by atoms with Crippen LogP contribution in [0.4, 0.5) is 0 Å². The van der Waals surface area contributed by atoms with Crippen molar-refractivity contribution in [3.05, 3.63) is 47.5 Å². The van der Waals surface area contributed by atoms with Crippen LogP contribution in [-0.4, -0.2) is 42.8 Å². The Hall–Kier alpha value is -3.22. The lowest BCUT2D eigenvalue weighted by Crippen LogP contribution is -2.14. The number of carbonyl (C=O) groups is 2. The van der Waals surface area contributed by atoms with Crippen LogP contribution in [0.25, 0.3) is 0 Å². The summed E-state index contributed by atoms with van der Waals surface area (Å²) in [6.45, 7) is -0.559. The predicted molar refractivity (Wildman–Crippen MR) is 83.9 cm³/mol. The Morgan fingerprint density at radius 1 is 0.958 bits per heavy atom. The first-order valence-electron chi connectivity index (χ1n) is 6.90. The molecule has 0 fully saturated rings. The Morgan fingerprint density at radius 3 is 2.12 bits per heavy atom. The summed E-state index contributed by atoms with van der Waals surface area (Å²) in [5.41, 5.74) is 0.109. The van der Waals surface area contributed by atoms with E-state index < -0.39 is 18.4 Å². The molecule has 7 heteroatoms. The van der Waals surface area contributed by atoms with Gasteiger partial charge in [0.25, 0.3) is 0 Å². The normalized spacial score (nSPS) is 10.1. The fraction of sp³-hybridized carbons (Fsp3) is 0.176. The Labute approximate surface area is 138 Å². The SMILES string of the molecule is COc1cc(OC)cc(C(=O)OCC(=O)c2ccc(O)cc2O)c1. The predicted octanol–water partition coefficient (Wildman–Crippen LogP) is 2.15. The molecule has 0 heterocycles. The van der Waals surface area contributed by atoms with Gasteiger partial charge >= 0.3 is 5.97 Å². The number of carbonyl (C=O) groups excluding carboxylic acids is 2. The van der Waals surface area contributed by atoms with Crippen LogP contribution >= 0.6 is 0 Å². The molecule has 0 aliphatic rings. The second-order valence-electron chi connectivity index (χ2n) is 4.80. The van der Waals surface area contributed by atoms with Crippen LogP contribution in [0.3, 0.4) is 0 Å². The molecule has 126 valence electrons. The number of phenolic OH excluding ortho intramolecular Hbond substituents is 2. The topological polar surface area (TPSA) is 102 Å². The molecule has 0 radical (unpaired) electrons. The van der Waals surface area contributed by atoms with E-state index in [4.69, 9.17) is 14.2 Å². The van der Waals surface area contributed by atoms with E-state index in [-0.39, 0.29) is 22.6 Å². The monoisotopic (exact) mass is 332 g/mol. The van der Waals surface area contributed by atoms with Crippen molar-refractivity contribution in [2.75, 3.05) is 20.8 Å². The van der Waals surface area contributed by atoms with Gasteiger partial charge in [0.1, 0.15) is 23.0 Å². The maximum Gasteiger partial charge on any atom is 0.338 e. The van der Waals surface area contributed by atoms with Crippen LogP contribution in [0.5, 0.6) is 23.0 Å². The van der Waals surface area contributed by atoms with Gasteiger partial charge in [-0.15, -0.1) is 0 Å². The van der Waals surface area contributed by atoms with Crippen molar-refractivity contribution in [3.63, 3.8) is 0 Å². The van der Waals surface area contributed by atoms with Gasteiger partial charge in [0.2, 0.25) is 5.78 Å². The fourth-order valence-electron chi connectivity index (χ4n) is 1.97. The van der Waals surface area contributed by atoms with E-state index in [9.17, 15) is 19.8 Å². The molecule has 2 aromatic rings.